The van der Waals surface area contributed by atoms with Crippen LogP contribution >= 0.6 is 15.9 Å². The third-order valence-electron chi connectivity index (χ3n) is 3.28. The molecule has 0 aliphatic carbocycles. The number of aromatic nitrogens is 2. The summed E-state index contributed by atoms with van der Waals surface area (Å²) in [6.45, 7) is 4.81. The number of H-pyrrole nitrogens is 1. The van der Waals surface area contributed by atoms with Gasteiger partial charge >= 0.3 is 0 Å². The molecule has 0 saturated heterocycles. The van der Waals surface area contributed by atoms with E-state index in [2.05, 4.69) is 26.3 Å². The Morgan fingerprint density at radius 1 is 1.37 bits per heavy atom. The van der Waals surface area contributed by atoms with Crippen molar-refractivity contribution in [2.24, 2.45) is 0 Å². The molecular weight excluding hydrogens is 306 g/mol. The molecule has 5 heteroatoms. The molecule has 0 spiro atoms. The van der Waals surface area contributed by atoms with Crippen molar-refractivity contribution in [1.29, 1.82) is 0 Å². The number of nitrogens with zero attached hydrogens (tertiary/aromatic N) is 1. The molecule has 0 unspecified atom stereocenters. The van der Waals surface area contributed by atoms with Crippen molar-refractivity contribution in [2.75, 3.05) is 13.6 Å². The lowest BCUT2D eigenvalue weighted by molar-refractivity contribution is 0.783. The van der Waals surface area contributed by atoms with Crippen LogP contribution in [0.25, 0.3) is 5.69 Å². The van der Waals surface area contributed by atoms with Crippen molar-refractivity contribution in [3.8, 4) is 5.69 Å². The fourth-order valence-electron chi connectivity index (χ4n) is 2.21. The molecule has 0 amide bonds. The van der Waals surface area contributed by atoms with E-state index < -0.39 is 0 Å². The van der Waals surface area contributed by atoms with Gasteiger partial charge in [0.1, 0.15) is 0 Å². The number of aromatic amines is 1. The highest BCUT2D eigenvalue weighted by Gasteiger charge is 2.12. The second kappa shape index (κ2) is 5.75. The van der Waals surface area contributed by atoms with Gasteiger partial charge in [0.05, 0.1) is 5.69 Å². The third kappa shape index (κ3) is 2.82. The van der Waals surface area contributed by atoms with Crippen LogP contribution in [-0.4, -0.2) is 23.4 Å². The quantitative estimate of drug-likeness (QED) is 0.907. The highest BCUT2D eigenvalue weighted by molar-refractivity contribution is 9.10. The van der Waals surface area contributed by atoms with Crippen molar-refractivity contribution in [1.82, 2.24) is 15.1 Å². The zero-order valence-corrected chi connectivity index (χ0v) is 13.0. The van der Waals surface area contributed by atoms with Gasteiger partial charge in [-0.05, 0) is 57.6 Å². The minimum absolute atomic E-state index is 0.00457. The lowest BCUT2D eigenvalue weighted by atomic mass is 10.1. The Morgan fingerprint density at radius 3 is 2.74 bits per heavy atom. The zero-order chi connectivity index (χ0) is 14.0. The summed E-state index contributed by atoms with van der Waals surface area (Å²) in [6.07, 6.45) is 0.736. The summed E-state index contributed by atoms with van der Waals surface area (Å²) in [6, 6.07) is 6.03. The number of likely N-dealkylation sites (N-methyl/N-ethyl adjacent to an activating group) is 1. The molecule has 0 atom stereocenters. The molecule has 4 nitrogen and oxygen atoms in total. The van der Waals surface area contributed by atoms with E-state index in [0.29, 0.717) is 0 Å². The monoisotopic (exact) mass is 323 g/mol. The summed E-state index contributed by atoms with van der Waals surface area (Å²) in [5.74, 6) is 0. The highest BCUT2D eigenvalue weighted by Crippen LogP contribution is 2.20. The lowest BCUT2D eigenvalue weighted by Crippen LogP contribution is -2.15. The van der Waals surface area contributed by atoms with E-state index in [1.807, 2.05) is 43.8 Å². The van der Waals surface area contributed by atoms with Crippen molar-refractivity contribution in [3.05, 3.63) is 49.8 Å². The molecule has 0 fully saturated rings. The molecule has 1 aromatic heterocycles. The average Bonchev–Trinajstić information content (AvgIpc) is 2.63. The van der Waals surface area contributed by atoms with E-state index in [1.165, 1.54) is 0 Å². The van der Waals surface area contributed by atoms with Gasteiger partial charge in [-0.1, -0.05) is 15.9 Å². The first-order valence-electron chi connectivity index (χ1n) is 6.26. The van der Waals surface area contributed by atoms with Crippen LogP contribution in [0.15, 0.2) is 27.5 Å². The van der Waals surface area contributed by atoms with Gasteiger partial charge in [-0.3, -0.25) is 14.6 Å². The molecule has 19 heavy (non-hydrogen) atoms. The van der Waals surface area contributed by atoms with Gasteiger partial charge in [0, 0.05) is 15.7 Å². The van der Waals surface area contributed by atoms with Gasteiger partial charge < -0.3 is 5.32 Å². The molecule has 0 aliphatic heterocycles. The second-order valence-electron chi connectivity index (χ2n) is 4.62. The molecule has 2 N–H and O–H groups in total. The Kier molecular flexibility index (Phi) is 4.27. The minimum Gasteiger partial charge on any atom is -0.319 e. The summed E-state index contributed by atoms with van der Waals surface area (Å²) in [4.78, 5) is 12.0. The van der Waals surface area contributed by atoms with Crippen LogP contribution in [0.2, 0.25) is 0 Å². The molecule has 1 heterocycles. The predicted octanol–water partition coefficient (Wildman–Crippen LogP) is 2.31. The number of halogens is 1. The first kappa shape index (κ1) is 14.1. The molecule has 0 aliphatic rings. The Bertz CT molecular complexity index is 643. The van der Waals surface area contributed by atoms with Gasteiger partial charge in [-0.2, -0.15) is 0 Å². The third-order valence-corrected chi connectivity index (χ3v) is 3.78. The molecule has 0 bridgehead atoms. The molecular formula is C14H18BrN3O. The molecule has 1 aromatic carbocycles. The Morgan fingerprint density at radius 2 is 2.11 bits per heavy atom. The van der Waals surface area contributed by atoms with Crippen LogP contribution in [-0.2, 0) is 6.42 Å². The molecule has 0 saturated carbocycles. The fraction of sp³-hybridized carbons (Fsp3) is 0.357. The smallest absolute Gasteiger partial charge is 0.267 e. The Labute approximate surface area is 120 Å². The summed E-state index contributed by atoms with van der Waals surface area (Å²) in [7, 11) is 1.89. The van der Waals surface area contributed by atoms with Gasteiger partial charge in [-0.15, -0.1) is 0 Å². The van der Waals surface area contributed by atoms with E-state index in [9.17, 15) is 4.79 Å². The number of benzene rings is 1. The van der Waals surface area contributed by atoms with Gasteiger partial charge in [0.2, 0.25) is 0 Å². The van der Waals surface area contributed by atoms with Gasteiger partial charge in [0.25, 0.3) is 5.56 Å². The van der Waals surface area contributed by atoms with Crippen molar-refractivity contribution >= 4 is 15.9 Å². The van der Waals surface area contributed by atoms with Crippen LogP contribution in [0, 0.1) is 13.8 Å². The van der Waals surface area contributed by atoms with Crippen molar-refractivity contribution in [3.63, 3.8) is 0 Å². The number of hydrogen-bond acceptors (Lipinski definition) is 2. The van der Waals surface area contributed by atoms with Crippen LogP contribution < -0.4 is 10.9 Å². The molecule has 0 radical (unpaired) electrons. The summed E-state index contributed by atoms with van der Waals surface area (Å²) in [5.41, 5.74) is 3.94. The van der Waals surface area contributed by atoms with Crippen LogP contribution in [0.3, 0.4) is 0 Å². The van der Waals surface area contributed by atoms with Crippen molar-refractivity contribution in [2.45, 2.75) is 20.3 Å². The topological polar surface area (TPSA) is 49.8 Å². The van der Waals surface area contributed by atoms with Crippen LogP contribution in [0.5, 0.6) is 0 Å². The largest absolute Gasteiger partial charge is 0.319 e. The number of hydrogen-bond donors (Lipinski definition) is 2. The van der Waals surface area contributed by atoms with E-state index in [-0.39, 0.29) is 5.56 Å². The number of nitrogens with one attached hydrogen (secondary N) is 2. The van der Waals surface area contributed by atoms with E-state index in [1.54, 1.807) is 0 Å². The SMILES string of the molecule is CNCCc1c(C)n(-c2ccc(Br)cc2C)[nH]c1=O. The van der Waals surface area contributed by atoms with E-state index >= 15 is 0 Å². The fourth-order valence-corrected chi connectivity index (χ4v) is 2.68. The summed E-state index contributed by atoms with van der Waals surface area (Å²) < 4.78 is 2.91. The standard InChI is InChI=1S/C14H18BrN3O/c1-9-8-11(15)4-5-13(9)18-10(2)12(6-7-16-3)14(19)17-18/h4-5,8,16H,6-7H2,1-3H3,(H,17,19). The first-order valence-corrected chi connectivity index (χ1v) is 7.05. The van der Waals surface area contributed by atoms with Gasteiger partial charge in [-0.25, -0.2) is 0 Å². The van der Waals surface area contributed by atoms with Crippen molar-refractivity contribution < 1.29 is 0 Å². The average molecular weight is 324 g/mol. The van der Waals surface area contributed by atoms with E-state index in [4.69, 9.17) is 0 Å². The molecule has 2 rings (SSSR count). The van der Waals surface area contributed by atoms with Crippen LogP contribution in [0.4, 0.5) is 0 Å². The highest BCUT2D eigenvalue weighted by atomic mass is 79.9. The second-order valence-corrected chi connectivity index (χ2v) is 5.54. The summed E-state index contributed by atoms with van der Waals surface area (Å²) >= 11 is 3.45. The maximum absolute atomic E-state index is 12.0. The normalized spacial score (nSPS) is 10.9. The Balaban J connectivity index is 2.48. The maximum Gasteiger partial charge on any atom is 0.267 e. The zero-order valence-electron chi connectivity index (χ0n) is 11.4. The Hall–Kier alpha value is -1.33. The maximum atomic E-state index is 12.0. The summed E-state index contributed by atoms with van der Waals surface area (Å²) in [5, 5.41) is 5.99. The van der Waals surface area contributed by atoms with E-state index in [0.717, 1.165) is 39.9 Å². The van der Waals surface area contributed by atoms with Gasteiger partial charge in [0.15, 0.2) is 0 Å². The lowest BCUT2D eigenvalue weighted by Gasteiger charge is -2.10. The predicted molar refractivity (Wildman–Crippen MR) is 81.2 cm³/mol. The number of rotatable bonds is 4. The molecule has 2 aromatic rings. The molecule has 102 valence electrons. The minimum atomic E-state index is -0.00457. The number of aryl methyl sites for hydroxylation is 1. The first-order chi connectivity index (χ1) is 9.04. The van der Waals surface area contributed by atoms with Crippen LogP contribution in [0.1, 0.15) is 16.8 Å².